The van der Waals surface area contributed by atoms with E-state index in [1.807, 2.05) is 44.3 Å². The number of ether oxygens (including phenoxy) is 2. The van der Waals surface area contributed by atoms with Crippen LogP contribution in [0.5, 0.6) is 5.75 Å². The number of nitriles is 1. The molecule has 6 heterocycles. The van der Waals surface area contributed by atoms with Crippen molar-refractivity contribution in [1.82, 2.24) is 29.3 Å². The van der Waals surface area contributed by atoms with Crippen molar-refractivity contribution in [3.63, 3.8) is 0 Å². The molecule has 4 aromatic rings. The fourth-order valence-electron chi connectivity index (χ4n) is 5.39. The van der Waals surface area contributed by atoms with E-state index in [2.05, 4.69) is 31.9 Å². The quantitative estimate of drug-likeness (QED) is 0.391. The molecule has 37 heavy (non-hydrogen) atoms. The van der Waals surface area contributed by atoms with Crippen molar-refractivity contribution in [2.45, 2.75) is 51.3 Å². The van der Waals surface area contributed by atoms with E-state index in [4.69, 9.17) is 14.6 Å². The predicted molar refractivity (Wildman–Crippen MR) is 138 cm³/mol. The van der Waals surface area contributed by atoms with Crippen LogP contribution in [-0.2, 0) is 4.74 Å². The first kappa shape index (κ1) is 23.6. The van der Waals surface area contributed by atoms with E-state index >= 15 is 0 Å². The molecule has 2 aliphatic heterocycles. The van der Waals surface area contributed by atoms with Gasteiger partial charge in [0.05, 0.1) is 42.9 Å². The maximum atomic E-state index is 9.68. The van der Waals surface area contributed by atoms with Gasteiger partial charge in [-0.2, -0.15) is 15.5 Å². The second-order valence-electron chi connectivity index (χ2n) is 9.99. The van der Waals surface area contributed by atoms with Crippen LogP contribution in [0.4, 0.5) is 0 Å². The topological polar surface area (TPSA) is 93.5 Å². The minimum Gasteiger partial charge on any atom is -0.482 e. The van der Waals surface area contributed by atoms with Crippen LogP contribution in [0.15, 0.2) is 49.1 Å². The largest absolute Gasteiger partial charge is 0.482 e. The summed E-state index contributed by atoms with van der Waals surface area (Å²) in [4.78, 5) is 7.01. The number of aromatic nitrogens is 5. The van der Waals surface area contributed by atoms with Crippen LogP contribution >= 0.6 is 0 Å². The Bertz CT molecular complexity index is 1430. The Morgan fingerprint density at radius 1 is 1.16 bits per heavy atom. The van der Waals surface area contributed by atoms with Gasteiger partial charge in [-0.25, -0.2) is 4.52 Å². The zero-order chi connectivity index (χ0) is 25.4. The molecule has 2 aliphatic rings. The highest BCUT2D eigenvalue weighted by atomic mass is 16.5. The second kappa shape index (κ2) is 9.96. The molecule has 0 aliphatic carbocycles. The minimum absolute atomic E-state index is 0.291. The van der Waals surface area contributed by atoms with Gasteiger partial charge in [0.25, 0.3) is 0 Å². The molecule has 9 heteroatoms. The summed E-state index contributed by atoms with van der Waals surface area (Å²) in [6.45, 7) is 7.94. The van der Waals surface area contributed by atoms with Crippen LogP contribution in [0.2, 0.25) is 0 Å². The van der Waals surface area contributed by atoms with Gasteiger partial charge in [-0.15, -0.1) is 0 Å². The minimum atomic E-state index is -0.291. The van der Waals surface area contributed by atoms with Crippen LogP contribution in [0.1, 0.15) is 55.3 Å². The van der Waals surface area contributed by atoms with E-state index in [0.717, 1.165) is 68.1 Å². The van der Waals surface area contributed by atoms with Crippen molar-refractivity contribution in [1.29, 1.82) is 5.26 Å². The number of nitrogens with zero attached hydrogens (tertiary/aromatic N) is 7. The fourth-order valence-corrected chi connectivity index (χ4v) is 5.39. The molecule has 190 valence electrons. The van der Waals surface area contributed by atoms with E-state index in [1.165, 1.54) is 0 Å². The van der Waals surface area contributed by atoms with Gasteiger partial charge in [-0.3, -0.25) is 14.6 Å². The molecule has 0 bridgehead atoms. The summed E-state index contributed by atoms with van der Waals surface area (Å²) in [5.41, 5.74) is 4.91. The number of hydrogen-bond donors (Lipinski definition) is 0. The Hall–Kier alpha value is -3.74. The zero-order valence-corrected chi connectivity index (χ0v) is 21.2. The third kappa shape index (κ3) is 4.59. The van der Waals surface area contributed by atoms with Gasteiger partial charge in [0.15, 0.2) is 0 Å². The molecule has 0 unspecified atom stereocenters. The van der Waals surface area contributed by atoms with Gasteiger partial charge >= 0.3 is 0 Å². The fraction of sp³-hybridized carbons (Fsp3) is 0.429. The summed E-state index contributed by atoms with van der Waals surface area (Å²) in [5, 5.41) is 19.1. The molecular weight excluding hydrogens is 466 g/mol. The van der Waals surface area contributed by atoms with Crippen molar-refractivity contribution in [3.8, 4) is 22.9 Å². The van der Waals surface area contributed by atoms with E-state index < -0.39 is 0 Å². The van der Waals surface area contributed by atoms with Crippen molar-refractivity contribution in [2.75, 3.05) is 26.3 Å². The Morgan fingerprint density at radius 2 is 2.05 bits per heavy atom. The van der Waals surface area contributed by atoms with Gasteiger partial charge in [-0.1, -0.05) is 6.07 Å². The van der Waals surface area contributed by atoms with Gasteiger partial charge in [0, 0.05) is 36.3 Å². The molecule has 0 amide bonds. The first-order valence-electron chi connectivity index (χ1n) is 13.0. The Balaban J connectivity index is 1.31. The number of aryl methyl sites for hydroxylation is 1. The van der Waals surface area contributed by atoms with E-state index in [9.17, 15) is 5.26 Å². The molecule has 6 rings (SSSR count). The number of pyridine rings is 2. The molecule has 0 aromatic carbocycles. The van der Waals surface area contributed by atoms with E-state index in [-0.39, 0.29) is 6.10 Å². The third-order valence-corrected chi connectivity index (χ3v) is 7.58. The average molecular weight is 498 g/mol. The van der Waals surface area contributed by atoms with Crippen LogP contribution in [0.25, 0.3) is 16.6 Å². The van der Waals surface area contributed by atoms with E-state index in [1.54, 1.807) is 16.9 Å². The molecule has 2 saturated heterocycles. The highest BCUT2D eigenvalue weighted by Gasteiger charge is 2.29. The number of fused-ring (bicyclic) bond motifs is 1. The summed E-state index contributed by atoms with van der Waals surface area (Å²) >= 11 is 0. The Kier molecular flexibility index (Phi) is 6.37. The molecule has 2 atom stereocenters. The second-order valence-corrected chi connectivity index (χ2v) is 9.99. The summed E-state index contributed by atoms with van der Waals surface area (Å²) in [7, 11) is 0. The number of rotatable bonds is 6. The zero-order valence-electron chi connectivity index (χ0n) is 21.2. The summed E-state index contributed by atoms with van der Waals surface area (Å²) in [6.07, 6.45) is 10.5. The lowest BCUT2D eigenvalue weighted by Crippen LogP contribution is -2.49. The number of hydrogen-bond acceptors (Lipinski definition) is 7. The van der Waals surface area contributed by atoms with Crippen molar-refractivity contribution >= 4 is 5.52 Å². The number of likely N-dealkylation sites (tertiary alicyclic amines) is 1. The van der Waals surface area contributed by atoms with Gasteiger partial charge in [0.2, 0.25) is 0 Å². The molecule has 9 nitrogen and oxygen atoms in total. The van der Waals surface area contributed by atoms with Crippen molar-refractivity contribution in [3.05, 3.63) is 66.0 Å². The molecular formula is C28H31N7O2. The van der Waals surface area contributed by atoms with Crippen molar-refractivity contribution < 1.29 is 9.47 Å². The molecule has 0 radical (unpaired) electrons. The maximum Gasteiger partial charge on any atom is 0.148 e. The van der Waals surface area contributed by atoms with Crippen LogP contribution < -0.4 is 4.74 Å². The lowest BCUT2D eigenvalue weighted by atomic mass is 10.1. The van der Waals surface area contributed by atoms with Gasteiger partial charge < -0.3 is 9.47 Å². The highest BCUT2D eigenvalue weighted by molar-refractivity contribution is 5.76. The Morgan fingerprint density at radius 3 is 2.81 bits per heavy atom. The smallest absolute Gasteiger partial charge is 0.148 e. The lowest BCUT2D eigenvalue weighted by molar-refractivity contribution is -0.0638. The predicted octanol–water partition coefficient (Wildman–Crippen LogP) is 4.34. The van der Waals surface area contributed by atoms with Gasteiger partial charge in [-0.05, 0) is 57.9 Å². The molecule has 0 saturated carbocycles. The van der Waals surface area contributed by atoms with Gasteiger partial charge in [0.1, 0.15) is 29.0 Å². The molecule has 4 aromatic heterocycles. The first-order chi connectivity index (χ1) is 18.1. The first-order valence-corrected chi connectivity index (χ1v) is 13.0. The van der Waals surface area contributed by atoms with Crippen LogP contribution in [-0.4, -0.2) is 61.6 Å². The van der Waals surface area contributed by atoms with Crippen LogP contribution in [0, 0.1) is 18.3 Å². The molecule has 0 spiro atoms. The molecule has 0 N–H and O–H groups in total. The molecule has 2 fully saturated rings. The summed E-state index contributed by atoms with van der Waals surface area (Å²) < 4.78 is 15.7. The van der Waals surface area contributed by atoms with Crippen molar-refractivity contribution in [2.24, 2.45) is 0 Å². The SMILES string of the molecule is Cc1nn([C@H]2CCCN(C3COC3)CC2)cc1-c1cc(O[C@H](C)c2ccccn2)c2c(C#N)cnn2c1. The highest BCUT2D eigenvalue weighted by Crippen LogP contribution is 2.35. The maximum absolute atomic E-state index is 9.68. The van der Waals surface area contributed by atoms with E-state index in [0.29, 0.717) is 28.9 Å². The van der Waals surface area contributed by atoms with Crippen LogP contribution in [0.3, 0.4) is 0 Å². The third-order valence-electron chi connectivity index (χ3n) is 7.58. The average Bonchev–Trinajstić information content (AvgIpc) is 3.40. The summed E-state index contributed by atoms with van der Waals surface area (Å²) in [6, 6.07) is 11.0. The summed E-state index contributed by atoms with van der Waals surface area (Å²) in [5.74, 6) is 0.602. The monoisotopic (exact) mass is 497 g/mol. The standard InChI is InChI=1S/C28H31N7O2/c1-19-25(16-34(32-19)23-6-5-10-33(11-8-23)24-17-36-18-24)21-12-27(28-22(13-29)14-31-35(28)15-21)37-20(2)26-7-3-4-9-30-26/h3-4,7,9,12,14-16,20,23-24H,5-6,8,10-11,17-18H2,1-2H3/t20-,23+/m1/s1. The normalized spacial score (nSPS) is 19.8. The Labute approximate surface area is 216 Å². The lowest BCUT2D eigenvalue weighted by Gasteiger charge is -2.36.